The Morgan fingerprint density at radius 3 is 3.00 bits per heavy atom. The normalized spacial score (nSPS) is 14.9. The van der Waals surface area contributed by atoms with Crippen LogP contribution in [0.2, 0.25) is 0 Å². The third-order valence-electron chi connectivity index (χ3n) is 3.91. The van der Waals surface area contributed by atoms with Crippen LogP contribution in [0.25, 0.3) is 11.3 Å². The molecule has 0 amide bonds. The number of rotatable bonds is 4. The molecule has 110 valence electrons. The van der Waals surface area contributed by atoms with Crippen molar-refractivity contribution < 1.29 is 4.92 Å². The molecule has 1 aromatic heterocycles. The van der Waals surface area contributed by atoms with Gasteiger partial charge in [0.2, 0.25) is 0 Å². The highest BCUT2D eigenvalue weighted by Crippen LogP contribution is 2.33. The zero-order valence-electron chi connectivity index (χ0n) is 12.0. The van der Waals surface area contributed by atoms with Crippen LogP contribution in [0.1, 0.15) is 24.6 Å². The third kappa shape index (κ3) is 2.54. The Morgan fingerprint density at radius 1 is 1.43 bits per heavy atom. The maximum atomic E-state index is 11.2. The van der Waals surface area contributed by atoms with Crippen LogP contribution < -0.4 is 0 Å². The van der Waals surface area contributed by atoms with Gasteiger partial charge in [0.05, 0.1) is 10.5 Å². The molecule has 3 rings (SSSR count). The van der Waals surface area contributed by atoms with E-state index in [9.17, 15) is 10.1 Å². The molecule has 0 spiro atoms. The Bertz CT molecular complexity index is 665. The van der Waals surface area contributed by atoms with Crippen molar-refractivity contribution >= 4 is 5.69 Å². The van der Waals surface area contributed by atoms with Gasteiger partial charge in [0.25, 0.3) is 5.69 Å². The predicted octanol–water partition coefficient (Wildman–Crippen LogP) is 2.75. The number of fused-ring (bicyclic) bond motifs is 1. The molecular formula is C15H18N4O2. The van der Waals surface area contributed by atoms with Gasteiger partial charge in [0.1, 0.15) is 5.69 Å². The van der Waals surface area contributed by atoms with Gasteiger partial charge < -0.3 is 0 Å². The highest BCUT2D eigenvalue weighted by molar-refractivity contribution is 5.73. The first-order valence-electron chi connectivity index (χ1n) is 7.23. The summed E-state index contributed by atoms with van der Waals surface area (Å²) in [5, 5.41) is 18.6. The molecule has 0 fully saturated rings. The summed E-state index contributed by atoms with van der Waals surface area (Å²) >= 11 is 0. The lowest BCUT2D eigenvalue weighted by Gasteiger charge is -2.26. The topological polar surface area (TPSA) is 75.1 Å². The van der Waals surface area contributed by atoms with Crippen molar-refractivity contribution in [2.75, 3.05) is 13.1 Å². The van der Waals surface area contributed by atoms with E-state index < -0.39 is 0 Å². The number of nitrogens with zero attached hydrogens (tertiary/aromatic N) is 3. The van der Waals surface area contributed by atoms with E-state index in [1.165, 1.54) is 6.07 Å². The van der Waals surface area contributed by atoms with Crippen LogP contribution in [0.5, 0.6) is 0 Å². The standard InChI is InChI=1S/C15H18N4O2/c1-2-8-18-9-7-13-12(10-18)15(17-16-13)11-5-3-4-6-14(11)19(20)21/h3-6H,2,7-10H2,1H3,(H,16,17). The summed E-state index contributed by atoms with van der Waals surface area (Å²) in [5.41, 5.74) is 3.63. The quantitative estimate of drug-likeness (QED) is 0.692. The first-order chi connectivity index (χ1) is 10.2. The number of para-hydroxylation sites is 1. The Balaban J connectivity index is 2.02. The van der Waals surface area contributed by atoms with Crippen molar-refractivity contribution in [3.8, 4) is 11.3 Å². The minimum atomic E-state index is -0.344. The lowest BCUT2D eigenvalue weighted by molar-refractivity contribution is -0.384. The van der Waals surface area contributed by atoms with Gasteiger partial charge >= 0.3 is 0 Å². The number of hydrogen-bond acceptors (Lipinski definition) is 4. The van der Waals surface area contributed by atoms with Crippen LogP contribution in [-0.2, 0) is 13.0 Å². The van der Waals surface area contributed by atoms with E-state index in [0.29, 0.717) is 5.56 Å². The van der Waals surface area contributed by atoms with Crippen LogP contribution in [0, 0.1) is 10.1 Å². The lowest BCUT2D eigenvalue weighted by atomic mass is 10.00. The fraction of sp³-hybridized carbons (Fsp3) is 0.400. The van der Waals surface area contributed by atoms with Gasteiger partial charge in [0, 0.05) is 36.8 Å². The second kappa shape index (κ2) is 5.65. The molecule has 0 bridgehead atoms. The maximum Gasteiger partial charge on any atom is 0.278 e. The molecule has 1 aliphatic heterocycles. The summed E-state index contributed by atoms with van der Waals surface area (Å²) in [6, 6.07) is 6.80. The van der Waals surface area contributed by atoms with Gasteiger partial charge in [-0.25, -0.2) is 0 Å². The molecule has 1 aliphatic rings. The predicted molar refractivity (Wildman–Crippen MR) is 80.0 cm³/mol. The van der Waals surface area contributed by atoms with Crippen LogP contribution >= 0.6 is 0 Å². The zero-order valence-corrected chi connectivity index (χ0v) is 12.0. The van der Waals surface area contributed by atoms with E-state index in [1.54, 1.807) is 12.1 Å². The summed E-state index contributed by atoms with van der Waals surface area (Å²) in [6.45, 7) is 5.02. The van der Waals surface area contributed by atoms with Gasteiger partial charge in [-0.15, -0.1) is 0 Å². The molecular weight excluding hydrogens is 268 g/mol. The van der Waals surface area contributed by atoms with E-state index in [2.05, 4.69) is 22.0 Å². The number of H-pyrrole nitrogens is 1. The second-order valence-electron chi connectivity index (χ2n) is 5.33. The molecule has 1 N–H and O–H groups in total. The first-order valence-corrected chi connectivity index (χ1v) is 7.23. The molecule has 0 atom stereocenters. The number of benzene rings is 1. The second-order valence-corrected chi connectivity index (χ2v) is 5.33. The van der Waals surface area contributed by atoms with Crippen molar-refractivity contribution in [2.24, 2.45) is 0 Å². The molecule has 6 nitrogen and oxygen atoms in total. The van der Waals surface area contributed by atoms with Crippen LogP contribution in [-0.4, -0.2) is 33.1 Å². The van der Waals surface area contributed by atoms with Crippen molar-refractivity contribution in [1.82, 2.24) is 15.1 Å². The van der Waals surface area contributed by atoms with Crippen molar-refractivity contribution in [1.29, 1.82) is 0 Å². The Morgan fingerprint density at radius 2 is 2.24 bits per heavy atom. The SMILES string of the molecule is CCCN1CCc2[nH]nc(-c3ccccc3[N+](=O)[O-])c2C1. The summed E-state index contributed by atoms with van der Waals surface area (Å²) in [6.07, 6.45) is 2.02. The van der Waals surface area contributed by atoms with Gasteiger partial charge in [-0.05, 0) is 19.0 Å². The van der Waals surface area contributed by atoms with Crippen LogP contribution in [0.3, 0.4) is 0 Å². The average Bonchev–Trinajstić information content (AvgIpc) is 2.90. The molecule has 0 radical (unpaired) electrons. The molecule has 1 aromatic carbocycles. The molecule has 0 aliphatic carbocycles. The maximum absolute atomic E-state index is 11.2. The Kier molecular flexibility index (Phi) is 3.70. The molecule has 2 heterocycles. The summed E-state index contributed by atoms with van der Waals surface area (Å²) in [7, 11) is 0. The number of nitrogens with one attached hydrogen (secondary N) is 1. The minimum Gasteiger partial charge on any atom is -0.299 e. The summed E-state index contributed by atoms with van der Waals surface area (Å²) < 4.78 is 0. The Hall–Kier alpha value is -2.21. The highest BCUT2D eigenvalue weighted by Gasteiger charge is 2.25. The largest absolute Gasteiger partial charge is 0.299 e. The lowest BCUT2D eigenvalue weighted by Crippen LogP contribution is -2.31. The van der Waals surface area contributed by atoms with Crippen molar-refractivity contribution in [2.45, 2.75) is 26.3 Å². The number of hydrogen-bond donors (Lipinski definition) is 1. The molecule has 0 saturated heterocycles. The van der Waals surface area contributed by atoms with Crippen molar-refractivity contribution in [3.63, 3.8) is 0 Å². The van der Waals surface area contributed by atoms with Crippen LogP contribution in [0.15, 0.2) is 24.3 Å². The van der Waals surface area contributed by atoms with Gasteiger partial charge in [-0.3, -0.25) is 20.1 Å². The van der Waals surface area contributed by atoms with E-state index >= 15 is 0 Å². The fourth-order valence-electron chi connectivity index (χ4n) is 2.91. The van der Waals surface area contributed by atoms with Gasteiger partial charge in [0.15, 0.2) is 0 Å². The number of aromatic nitrogens is 2. The fourth-order valence-corrected chi connectivity index (χ4v) is 2.91. The minimum absolute atomic E-state index is 0.111. The Labute approximate surface area is 122 Å². The smallest absolute Gasteiger partial charge is 0.278 e. The summed E-state index contributed by atoms with van der Waals surface area (Å²) in [5.74, 6) is 0. The molecule has 0 saturated carbocycles. The summed E-state index contributed by atoms with van der Waals surface area (Å²) in [4.78, 5) is 13.2. The molecule has 21 heavy (non-hydrogen) atoms. The molecule has 2 aromatic rings. The zero-order chi connectivity index (χ0) is 14.8. The first kappa shape index (κ1) is 13.8. The molecule has 0 unspecified atom stereocenters. The van der Waals surface area contributed by atoms with Crippen LogP contribution in [0.4, 0.5) is 5.69 Å². The number of nitro groups is 1. The van der Waals surface area contributed by atoms with Gasteiger partial charge in [-0.1, -0.05) is 19.1 Å². The van der Waals surface area contributed by atoms with Crippen molar-refractivity contribution in [3.05, 3.63) is 45.6 Å². The van der Waals surface area contributed by atoms with E-state index in [4.69, 9.17) is 0 Å². The average molecular weight is 286 g/mol. The van der Waals surface area contributed by atoms with E-state index in [1.807, 2.05) is 6.07 Å². The number of nitro benzene ring substituents is 1. The molecule has 6 heteroatoms. The van der Waals surface area contributed by atoms with E-state index in [0.717, 1.165) is 49.4 Å². The van der Waals surface area contributed by atoms with E-state index in [-0.39, 0.29) is 10.6 Å². The monoisotopic (exact) mass is 286 g/mol. The van der Waals surface area contributed by atoms with Gasteiger partial charge in [-0.2, -0.15) is 5.10 Å². The number of aromatic amines is 1. The third-order valence-corrected chi connectivity index (χ3v) is 3.91. The highest BCUT2D eigenvalue weighted by atomic mass is 16.6.